The van der Waals surface area contributed by atoms with Crippen LogP contribution >= 0.6 is 11.8 Å². The molecule has 0 N–H and O–H groups in total. The highest BCUT2D eigenvalue weighted by Crippen LogP contribution is 2.31. The van der Waals surface area contributed by atoms with Crippen LogP contribution < -0.4 is 0 Å². The van der Waals surface area contributed by atoms with E-state index in [2.05, 4.69) is 15.2 Å². The van der Waals surface area contributed by atoms with Crippen LogP contribution in [0.5, 0.6) is 0 Å². The number of hydrogen-bond acceptors (Lipinski definition) is 5. The highest BCUT2D eigenvalue weighted by atomic mass is 32.2. The summed E-state index contributed by atoms with van der Waals surface area (Å²) in [6, 6.07) is 11.8. The Labute approximate surface area is 149 Å². The first-order valence-corrected chi connectivity index (χ1v) is 8.54. The number of fused-ring (bicyclic) bond motifs is 1. The fourth-order valence-electron chi connectivity index (χ4n) is 2.38. The summed E-state index contributed by atoms with van der Waals surface area (Å²) in [5.41, 5.74) is 0.492. The number of rotatable bonds is 4. The lowest BCUT2D eigenvalue weighted by molar-refractivity contribution is -0.137. The monoisotopic (exact) mass is 376 g/mol. The number of pyridine rings is 1. The predicted molar refractivity (Wildman–Crippen MR) is 89.5 cm³/mol. The maximum Gasteiger partial charge on any atom is 0.417 e. The van der Waals surface area contributed by atoms with Gasteiger partial charge in [-0.1, -0.05) is 42.1 Å². The molecule has 0 aliphatic rings. The maximum absolute atomic E-state index is 12.9. The molecule has 0 aliphatic heterocycles. The molecule has 9 heteroatoms. The molecule has 0 amide bonds. The first kappa shape index (κ1) is 16.6. The normalized spacial score (nSPS) is 12.0. The zero-order valence-electron chi connectivity index (χ0n) is 13.1. The van der Waals surface area contributed by atoms with Crippen molar-refractivity contribution in [3.05, 3.63) is 66.3 Å². The van der Waals surface area contributed by atoms with Crippen molar-refractivity contribution in [3.8, 4) is 11.3 Å². The molecule has 3 heterocycles. The van der Waals surface area contributed by atoms with E-state index in [1.54, 1.807) is 6.20 Å². The molecular weight excluding hydrogens is 365 g/mol. The van der Waals surface area contributed by atoms with Gasteiger partial charge in [0, 0.05) is 11.8 Å². The minimum absolute atomic E-state index is 0.323. The summed E-state index contributed by atoms with van der Waals surface area (Å²) in [6.07, 6.45) is -1.81. The van der Waals surface area contributed by atoms with E-state index in [0.29, 0.717) is 28.2 Å². The molecule has 0 saturated carbocycles. The molecule has 0 saturated heterocycles. The Balaban J connectivity index is 1.54. The lowest BCUT2D eigenvalue weighted by atomic mass is 10.2. The van der Waals surface area contributed by atoms with Crippen molar-refractivity contribution in [2.75, 3.05) is 0 Å². The van der Waals surface area contributed by atoms with Gasteiger partial charge in [0.1, 0.15) is 0 Å². The number of halogens is 3. The smallest absolute Gasteiger partial charge is 0.417 e. The second-order valence-electron chi connectivity index (χ2n) is 5.40. The first-order chi connectivity index (χ1) is 12.5. The lowest BCUT2D eigenvalue weighted by Crippen LogP contribution is -2.06. The number of benzene rings is 1. The molecule has 4 rings (SSSR count). The van der Waals surface area contributed by atoms with Gasteiger partial charge >= 0.3 is 6.18 Å². The number of hydrogen-bond donors (Lipinski definition) is 0. The summed E-state index contributed by atoms with van der Waals surface area (Å²) < 4.78 is 45.7. The fraction of sp³-hybridized carbons (Fsp3) is 0.118. The van der Waals surface area contributed by atoms with Crippen LogP contribution in [0.1, 0.15) is 11.5 Å². The quantitative estimate of drug-likeness (QED) is 0.484. The molecule has 0 radical (unpaired) electrons. The zero-order chi connectivity index (χ0) is 18.1. The van der Waals surface area contributed by atoms with Crippen LogP contribution in [0.15, 0.2) is 64.4 Å². The molecule has 5 nitrogen and oxygen atoms in total. The molecule has 0 spiro atoms. The average molecular weight is 376 g/mol. The molecule has 4 aromatic rings. The van der Waals surface area contributed by atoms with Crippen molar-refractivity contribution in [3.63, 3.8) is 0 Å². The summed E-state index contributed by atoms with van der Waals surface area (Å²) in [7, 11) is 0. The lowest BCUT2D eigenvalue weighted by Gasteiger charge is -2.07. The average Bonchev–Trinajstić information content (AvgIpc) is 3.26. The molecule has 0 atom stereocenters. The van der Waals surface area contributed by atoms with Crippen LogP contribution in [0.3, 0.4) is 0 Å². The molecule has 0 fully saturated rings. The summed E-state index contributed by atoms with van der Waals surface area (Å²) >= 11 is 1.20. The molecule has 1 aromatic carbocycles. The third-order valence-corrected chi connectivity index (χ3v) is 4.56. The van der Waals surface area contributed by atoms with Crippen molar-refractivity contribution < 1.29 is 17.6 Å². The Morgan fingerprint density at radius 3 is 2.62 bits per heavy atom. The van der Waals surface area contributed by atoms with E-state index in [4.69, 9.17) is 4.42 Å². The third kappa shape index (κ3) is 3.30. The highest BCUT2D eigenvalue weighted by molar-refractivity contribution is 7.98. The minimum atomic E-state index is -4.42. The molecule has 0 unspecified atom stereocenters. The number of thioether (sulfide) groups is 1. The van der Waals surface area contributed by atoms with Gasteiger partial charge in [0.2, 0.25) is 5.89 Å². The van der Waals surface area contributed by atoms with Gasteiger partial charge in [-0.25, -0.2) is 4.98 Å². The minimum Gasteiger partial charge on any atom is -0.440 e. The van der Waals surface area contributed by atoms with Crippen LogP contribution in [0, 0.1) is 0 Å². The van der Waals surface area contributed by atoms with Gasteiger partial charge < -0.3 is 4.42 Å². The van der Waals surface area contributed by atoms with Gasteiger partial charge in [0.15, 0.2) is 16.6 Å². The standard InChI is InChI=1S/C17H11F3N4OS/c18-17(19,20)12-6-7-14-22-23-16(24(14)9-12)26-10-15-21-8-13(25-15)11-4-2-1-3-5-11/h1-9H,10H2. The molecule has 132 valence electrons. The van der Waals surface area contributed by atoms with E-state index in [-0.39, 0.29) is 0 Å². The van der Waals surface area contributed by atoms with Gasteiger partial charge in [-0.3, -0.25) is 4.40 Å². The Hall–Kier alpha value is -2.81. The molecule has 0 aliphatic carbocycles. The van der Waals surface area contributed by atoms with Gasteiger partial charge in [0.05, 0.1) is 17.5 Å². The first-order valence-electron chi connectivity index (χ1n) is 7.55. The van der Waals surface area contributed by atoms with E-state index in [1.165, 1.54) is 22.2 Å². The third-order valence-electron chi connectivity index (χ3n) is 3.63. The van der Waals surface area contributed by atoms with Crippen molar-refractivity contribution in [1.29, 1.82) is 0 Å². The fourth-order valence-corrected chi connectivity index (χ4v) is 3.14. The second-order valence-corrected chi connectivity index (χ2v) is 6.34. The topological polar surface area (TPSA) is 56.2 Å². The van der Waals surface area contributed by atoms with Gasteiger partial charge in [-0.15, -0.1) is 10.2 Å². The molecule has 3 aromatic heterocycles. The van der Waals surface area contributed by atoms with E-state index in [9.17, 15) is 13.2 Å². The van der Waals surface area contributed by atoms with Crippen LogP contribution in [0.25, 0.3) is 17.0 Å². The Morgan fingerprint density at radius 1 is 1.04 bits per heavy atom. The van der Waals surface area contributed by atoms with Crippen LogP contribution in [0.4, 0.5) is 13.2 Å². The van der Waals surface area contributed by atoms with Crippen molar-refractivity contribution in [2.24, 2.45) is 0 Å². The summed E-state index contributed by atoms with van der Waals surface area (Å²) in [6.45, 7) is 0. The highest BCUT2D eigenvalue weighted by Gasteiger charge is 2.31. The number of oxazole rings is 1. The maximum atomic E-state index is 12.9. The summed E-state index contributed by atoms with van der Waals surface area (Å²) in [5.74, 6) is 1.41. The molecule has 26 heavy (non-hydrogen) atoms. The zero-order valence-corrected chi connectivity index (χ0v) is 14.0. The number of aromatic nitrogens is 4. The van der Waals surface area contributed by atoms with Crippen LogP contribution in [-0.2, 0) is 11.9 Å². The van der Waals surface area contributed by atoms with Gasteiger partial charge in [-0.2, -0.15) is 13.2 Å². The summed E-state index contributed by atoms with van der Waals surface area (Å²) in [4.78, 5) is 4.20. The predicted octanol–water partition coefficient (Wildman–Crippen LogP) is 4.70. The number of alkyl halides is 3. The number of nitrogens with zero attached hydrogens (tertiary/aromatic N) is 4. The summed E-state index contributed by atoms with van der Waals surface area (Å²) in [5, 5.41) is 8.16. The van der Waals surface area contributed by atoms with E-state index < -0.39 is 11.7 Å². The molecular formula is C17H11F3N4OS. The van der Waals surface area contributed by atoms with E-state index in [0.717, 1.165) is 17.8 Å². The largest absolute Gasteiger partial charge is 0.440 e. The van der Waals surface area contributed by atoms with E-state index in [1.807, 2.05) is 30.3 Å². The van der Waals surface area contributed by atoms with Gasteiger partial charge in [0.25, 0.3) is 0 Å². The van der Waals surface area contributed by atoms with Crippen molar-refractivity contribution in [1.82, 2.24) is 19.6 Å². The molecule has 0 bridgehead atoms. The second kappa shape index (κ2) is 6.49. The van der Waals surface area contributed by atoms with Crippen molar-refractivity contribution >= 4 is 17.4 Å². The van der Waals surface area contributed by atoms with E-state index >= 15 is 0 Å². The Bertz CT molecular complexity index is 1040. The Kier molecular flexibility index (Phi) is 4.15. The SMILES string of the molecule is FC(F)(F)c1ccc2nnc(SCc3ncc(-c4ccccc4)o3)n2c1. The Morgan fingerprint density at radius 2 is 1.85 bits per heavy atom. The van der Waals surface area contributed by atoms with Crippen LogP contribution in [0.2, 0.25) is 0 Å². The van der Waals surface area contributed by atoms with Crippen molar-refractivity contribution in [2.45, 2.75) is 17.1 Å². The van der Waals surface area contributed by atoms with Gasteiger partial charge in [-0.05, 0) is 12.1 Å². The van der Waals surface area contributed by atoms with Crippen LogP contribution in [-0.4, -0.2) is 19.6 Å².